The second kappa shape index (κ2) is 8.01. The van der Waals surface area contributed by atoms with Crippen LogP contribution in [0, 0.1) is 0 Å². The van der Waals surface area contributed by atoms with Gasteiger partial charge in [-0.3, -0.25) is 0 Å². The Labute approximate surface area is 132 Å². The fourth-order valence-corrected chi connectivity index (χ4v) is 3.23. The van der Waals surface area contributed by atoms with E-state index in [9.17, 15) is 26.4 Å². The number of hydrogen-bond acceptors (Lipinski definition) is 10. The number of aliphatic carboxylic acids is 1. The van der Waals surface area contributed by atoms with E-state index in [0.717, 1.165) is 12.5 Å². The number of sulfone groups is 2. The van der Waals surface area contributed by atoms with Crippen molar-refractivity contribution in [2.24, 2.45) is 0 Å². The molecule has 1 heterocycles. The monoisotopic (exact) mass is 378 g/mol. The molecule has 1 aliphatic heterocycles. The van der Waals surface area contributed by atoms with Crippen molar-refractivity contribution < 1.29 is 51.6 Å². The van der Waals surface area contributed by atoms with Crippen LogP contribution in [0.2, 0.25) is 0 Å². The molecule has 1 aliphatic rings. The topological polar surface area (TPSA) is 193 Å². The summed E-state index contributed by atoms with van der Waals surface area (Å²) in [7, 11) is -7.12. The average molecular weight is 378 g/mol. The Bertz CT molecular complexity index is 636. The van der Waals surface area contributed by atoms with Crippen molar-refractivity contribution in [1.29, 1.82) is 0 Å². The summed E-state index contributed by atoms with van der Waals surface area (Å²) in [6.45, 7) is -1.15. The molecule has 0 bridgehead atoms. The van der Waals surface area contributed by atoms with Gasteiger partial charge in [-0.15, -0.1) is 0 Å². The molecule has 4 atom stereocenters. The first kappa shape index (κ1) is 21.7. The zero-order valence-corrected chi connectivity index (χ0v) is 13.8. The third-order valence-corrected chi connectivity index (χ3v) is 5.87. The molecule has 4 N–H and O–H groups in total. The Hall–Kier alpha value is -1.28. The molecule has 0 saturated carbocycles. The van der Waals surface area contributed by atoms with Gasteiger partial charge in [-0.25, -0.2) is 26.4 Å². The first-order valence-electron chi connectivity index (χ1n) is 5.97. The second-order valence-corrected chi connectivity index (χ2v) is 9.31. The van der Waals surface area contributed by atoms with Crippen LogP contribution in [0.4, 0.5) is 0 Å². The Morgan fingerprint density at radius 3 is 1.91 bits per heavy atom. The quantitative estimate of drug-likeness (QED) is 0.342. The Kier molecular flexibility index (Phi) is 7.56. The van der Waals surface area contributed by atoms with E-state index in [1.165, 1.54) is 0 Å². The van der Waals surface area contributed by atoms with Crippen LogP contribution in [0.25, 0.3) is 0 Å². The van der Waals surface area contributed by atoms with E-state index in [4.69, 9.17) is 20.4 Å². The third kappa shape index (κ3) is 6.39. The number of carboxylic acid groups (broad SMARTS) is 1. The lowest BCUT2D eigenvalue weighted by atomic mass is 10.2. The molecule has 0 spiro atoms. The number of rotatable bonds is 5. The van der Waals surface area contributed by atoms with E-state index in [-0.39, 0.29) is 6.61 Å². The molecule has 1 saturated heterocycles. The number of ether oxygens (including phenoxy) is 1. The van der Waals surface area contributed by atoms with Gasteiger partial charge in [0.1, 0.15) is 17.1 Å². The summed E-state index contributed by atoms with van der Waals surface area (Å²) >= 11 is 0. The van der Waals surface area contributed by atoms with Crippen molar-refractivity contribution >= 4 is 31.6 Å². The number of cyclic esters (lactones) is 1. The molecule has 11 nitrogen and oxygen atoms in total. The highest BCUT2D eigenvalue weighted by atomic mass is 32.2. The molecule has 1 rings (SSSR count). The standard InChI is InChI=1S/C5H10O6S.C5H8O5S/c1-12(10,11)3(2-6)4(7)5(8)9;1-11(8,9)3-2-10-5(7)4(3)6/h3-4,6-7H,2H2,1H3,(H,8,9);3-4,6H,2H2,1H3/t2*3?,4-/m11/s1. The maximum absolute atomic E-state index is 10.8. The fraction of sp³-hybridized carbons (Fsp3) is 0.800. The molecule has 13 heteroatoms. The minimum Gasteiger partial charge on any atom is -0.479 e. The molecule has 0 aliphatic carbocycles. The molecule has 136 valence electrons. The van der Waals surface area contributed by atoms with Gasteiger partial charge in [0.2, 0.25) is 0 Å². The lowest BCUT2D eigenvalue weighted by Crippen LogP contribution is -2.41. The van der Waals surface area contributed by atoms with Crippen LogP contribution in [0.5, 0.6) is 0 Å². The van der Waals surface area contributed by atoms with E-state index in [2.05, 4.69) is 4.74 Å². The summed E-state index contributed by atoms with van der Waals surface area (Å²) in [5.41, 5.74) is 0. The summed E-state index contributed by atoms with van der Waals surface area (Å²) in [6.07, 6.45) is -1.88. The predicted molar refractivity (Wildman–Crippen MR) is 75.0 cm³/mol. The average Bonchev–Trinajstić information content (AvgIpc) is 2.69. The van der Waals surface area contributed by atoms with Gasteiger partial charge in [0.25, 0.3) is 0 Å². The van der Waals surface area contributed by atoms with Gasteiger partial charge in [0.15, 0.2) is 31.9 Å². The van der Waals surface area contributed by atoms with E-state index < -0.39 is 60.9 Å². The molecule has 1 fully saturated rings. The smallest absolute Gasteiger partial charge is 0.336 e. The summed E-state index contributed by atoms with van der Waals surface area (Å²) < 4.78 is 47.4. The fourth-order valence-electron chi connectivity index (χ4n) is 1.48. The second-order valence-electron chi connectivity index (χ2n) is 4.78. The zero-order chi connectivity index (χ0) is 18.6. The molecule has 0 amide bonds. The Morgan fingerprint density at radius 2 is 1.78 bits per heavy atom. The van der Waals surface area contributed by atoms with Crippen molar-refractivity contribution in [3.8, 4) is 0 Å². The number of aliphatic hydroxyl groups excluding tert-OH is 3. The van der Waals surface area contributed by atoms with Gasteiger partial charge < -0.3 is 25.2 Å². The van der Waals surface area contributed by atoms with E-state index >= 15 is 0 Å². The Morgan fingerprint density at radius 1 is 1.30 bits per heavy atom. The number of hydrogen-bond donors (Lipinski definition) is 4. The lowest BCUT2D eigenvalue weighted by Gasteiger charge is -2.14. The number of esters is 1. The molecule has 0 aromatic rings. The van der Waals surface area contributed by atoms with Crippen LogP contribution in [-0.2, 0) is 34.0 Å². The van der Waals surface area contributed by atoms with Crippen LogP contribution >= 0.6 is 0 Å². The summed E-state index contributed by atoms with van der Waals surface area (Å²) in [6, 6.07) is 0. The lowest BCUT2D eigenvalue weighted by molar-refractivity contribution is -0.147. The van der Waals surface area contributed by atoms with Gasteiger partial charge in [-0.2, -0.15) is 0 Å². The molecular weight excluding hydrogens is 360 g/mol. The van der Waals surface area contributed by atoms with Gasteiger partial charge in [0, 0.05) is 12.5 Å². The first-order chi connectivity index (χ1) is 10.2. The molecule has 0 radical (unpaired) electrons. The zero-order valence-electron chi connectivity index (χ0n) is 12.2. The maximum atomic E-state index is 10.8. The van der Waals surface area contributed by atoms with E-state index in [0.29, 0.717) is 0 Å². The number of aliphatic hydroxyl groups is 3. The van der Waals surface area contributed by atoms with Crippen molar-refractivity contribution in [1.82, 2.24) is 0 Å². The minimum atomic E-state index is -3.74. The molecule has 23 heavy (non-hydrogen) atoms. The molecule has 0 aromatic heterocycles. The predicted octanol–water partition coefficient (Wildman–Crippen LogP) is -3.85. The SMILES string of the molecule is CS(=O)(=O)C(CO)[C@@H](O)C(=O)O.CS(=O)(=O)C1COC(=O)[C@@H]1O. The minimum absolute atomic E-state index is 0.237. The van der Waals surface area contributed by atoms with Gasteiger partial charge in [-0.1, -0.05) is 0 Å². The van der Waals surface area contributed by atoms with Crippen LogP contribution < -0.4 is 0 Å². The van der Waals surface area contributed by atoms with Crippen molar-refractivity contribution in [2.75, 3.05) is 25.7 Å². The van der Waals surface area contributed by atoms with Crippen LogP contribution in [-0.4, -0.2) is 97.6 Å². The van der Waals surface area contributed by atoms with Gasteiger partial charge >= 0.3 is 11.9 Å². The molecule has 2 unspecified atom stereocenters. The van der Waals surface area contributed by atoms with Crippen LogP contribution in [0.15, 0.2) is 0 Å². The maximum Gasteiger partial charge on any atom is 0.336 e. The normalized spacial score (nSPS) is 24.1. The molecular formula is C10H18O11S2. The number of carboxylic acids is 1. The van der Waals surface area contributed by atoms with Crippen LogP contribution in [0.3, 0.4) is 0 Å². The number of carbonyl (C=O) groups excluding carboxylic acids is 1. The summed E-state index contributed by atoms with van der Waals surface area (Å²) in [4.78, 5) is 20.6. The van der Waals surface area contributed by atoms with E-state index in [1.807, 2.05) is 0 Å². The van der Waals surface area contributed by atoms with Crippen molar-refractivity contribution in [3.05, 3.63) is 0 Å². The largest absolute Gasteiger partial charge is 0.479 e. The molecule has 0 aromatic carbocycles. The van der Waals surface area contributed by atoms with Gasteiger partial charge in [-0.05, 0) is 0 Å². The Balaban J connectivity index is 0.000000422. The highest BCUT2D eigenvalue weighted by Gasteiger charge is 2.41. The van der Waals surface area contributed by atoms with Crippen LogP contribution in [0.1, 0.15) is 0 Å². The van der Waals surface area contributed by atoms with Gasteiger partial charge in [0.05, 0.1) is 6.61 Å². The third-order valence-electron chi connectivity index (χ3n) is 2.87. The number of carbonyl (C=O) groups is 2. The van der Waals surface area contributed by atoms with Crippen molar-refractivity contribution in [2.45, 2.75) is 22.7 Å². The first-order valence-corrected chi connectivity index (χ1v) is 9.88. The highest BCUT2D eigenvalue weighted by molar-refractivity contribution is 7.91. The van der Waals surface area contributed by atoms with E-state index in [1.54, 1.807) is 0 Å². The summed E-state index contributed by atoms with van der Waals surface area (Å²) in [5, 5.41) is 31.7. The highest BCUT2D eigenvalue weighted by Crippen LogP contribution is 2.14. The summed E-state index contributed by atoms with van der Waals surface area (Å²) in [5.74, 6) is -2.53. The van der Waals surface area contributed by atoms with Crippen molar-refractivity contribution in [3.63, 3.8) is 0 Å².